The van der Waals surface area contributed by atoms with E-state index in [0.717, 1.165) is 31.5 Å². The summed E-state index contributed by atoms with van der Waals surface area (Å²) >= 11 is 0. The topological polar surface area (TPSA) is 23.5 Å². The zero-order chi connectivity index (χ0) is 17.9. The molecule has 6 unspecified atom stereocenters. The lowest BCUT2D eigenvalue weighted by Crippen LogP contribution is -2.43. The predicted octanol–water partition coefficient (Wildman–Crippen LogP) is 4.76. The summed E-state index contributed by atoms with van der Waals surface area (Å²) in [4.78, 5) is 2.55. The summed E-state index contributed by atoms with van der Waals surface area (Å²) in [7, 11) is 0. The Morgan fingerprint density at radius 3 is 1.62 bits per heavy atom. The van der Waals surface area contributed by atoms with Gasteiger partial charge in [-0.3, -0.25) is 0 Å². The molecule has 2 aliphatic carbocycles. The fraction of sp³-hybridized carbons (Fsp3) is 0.818. The first-order chi connectivity index (χ1) is 11.3. The van der Waals surface area contributed by atoms with Crippen LogP contribution in [0.15, 0.2) is 23.3 Å². The Morgan fingerprint density at radius 1 is 0.875 bits per heavy atom. The number of hydrogen-bond acceptors (Lipinski definition) is 2. The zero-order valence-electron chi connectivity index (χ0n) is 16.8. The van der Waals surface area contributed by atoms with Crippen LogP contribution >= 0.6 is 0 Å². The van der Waals surface area contributed by atoms with E-state index < -0.39 is 0 Å². The molecule has 2 nitrogen and oxygen atoms in total. The average Bonchev–Trinajstić information content (AvgIpc) is 2.46. The first-order valence-electron chi connectivity index (χ1n) is 9.99. The van der Waals surface area contributed by atoms with E-state index >= 15 is 0 Å². The summed E-state index contributed by atoms with van der Waals surface area (Å²) in [5, 5.41) is 9.58. The van der Waals surface area contributed by atoms with Crippen molar-refractivity contribution < 1.29 is 5.11 Å². The van der Waals surface area contributed by atoms with Gasteiger partial charge in [-0.05, 0) is 62.2 Å². The summed E-state index contributed by atoms with van der Waals surface area (Å²) in [6.45, 7) is 17.5. The maximum absolute atomic E-state index is 9.58. The molecule has 0 fully saturated rings. The van der Waals surface area contributed by atoms with Gasteiger partial charge in [0.15, 0.2) is 0 Å². The maximum atomic E-state index is 9.58. The van der Waals surface area contributed by atoms with Crippen LogP contribution in [0.1, 0.15) is 54.4 Å². The molecule has 0 aromatic carbocycles. The normalized spacial score (nSPS) is 37.3. The van der Waals surface area contributed by atoms with Crippen LogP contribution in [0.5, 0.6) is 0 Å². The lowest BCUT2D eigenvalue weighted by Gasteiger charge is -2.41. The highest BCUT2D eigenvalue weighted by Gasteiger charge is 2.32. The quantitative estimate of drug-likeness (QED) is 0.709. The van der Waals surface area contributed by atoms with Crippen molar-refractivity contribution in [2.45, 2.75) is 54.4 Å². The number of allylic oxidation sites excluding steroid dienone is 4. The van der Waals surface area contributed by atoms with E-state index in [4.69, 9.17) is 0 Å². The third kappa shape index (κ3) is 4.95. The minimum atomic E-state index is 0.273. The Balaban J connectivity index is 2.04. The molecule has 138 valence electrons. The van der Waals surface area contributed by atoms with Crippen LogP contribution in [0.25, 0.3) is 0 Å². The monoisotopic (exact) mass is 333 g/mol. The van der Waals surface area contributed by atoms with Crippen molar-refractivity contribution in [1.82, 2.24) is 4.90 Å². The van der Waals surface area contributed by atoms with Gasteiger partial charge in [-0.25, -0.2) is 0 Å². The molecule has 0 amide bonds. The van der Waals surface area contributed by atoms with Crippen LogP contribution < -0.4 is 0 Å². The molecule has 0 saturated carbocycles. The van der Waals surface area contributed by atoms with Crippen LogP contribution in [0.2, 0.25) is 0 Å². The molecular weight excluding hydrogens is 294 g/mol. The van der Waals surface area contributed by atoms with E-state index in [1.807, 2.05) is 0 Å². The van der Waals surface area contributed by atoms with Crippen molar-refractivity contribution in [3.05, 3.63) is 23.3 Å². The predicted molar refractivity (Wildman–Crippen MR) is 104 cm³/mol. The summed E-state index contributed by atoms with van der Waals surface area (Å²) in [5.41, 5.74) is 3.10. The van der Waals surface area contributed by atoms with E-state index in [-0.39, 0.29) is 6.61 Å². The van der Waals surface area contributed by atoms with Gasteiger partial charge in [0, 0.05) is 19.6 Å². The van der Waals surface area contributed by atoms with E-state index in [1.54, 1.807) is 11.1 Å². The van der Waals surface area contributed by atoms with Crippen LogP contribution in [0.3, 0.4) is 0 Å². The average molecular weight is 334 g/mol. The molecule has 0 radical (unpaired) electrons. The SMILES string of the molecule is CC1=CC(C)C(CN(CCO)CC2C(C)C=C(C)CC2C)C(C)C1. The number of aliphatic hydroxyl groups is 1. The van der Waals surface area contributed by atoms with Crippen molar-refractivity contribution in [1.29, 1.82) is 0 Å². The van der Waals surface area contributed by atoms with Crippen LogP contribution in [0.4, 0.5) is 0 Å². The molecule has 2 rings (SSSR count). The molecule has 1 N–H and O–H groups in total. The van der Waals surface area contributed by atoms with Gasteiger partial charge in [-0.1, -0.05) is 51.0 Å². The summed E-state index contributed by atoms with van der Waals surface area (Å²) < 4.78 is 0. The second-order valence-electron chi connectivity index (χ2n) is 8.92. The summed E-state index contributed by atoms with van der Waals surface area (Å²) in [6.07, 6.45) is 7.42. The Morgan fingerprint density at radius 2 is 1.29 bits per heavy atom. The van der Waals surface area contributed by atoms with Gasteiger partial charge in [0.2, 0.25) is 0 Å². The minimum absolute atomic E-state index is 0.273. The Labute approximate surface area is 150 Å². The van der Waals surface area contributed by atoms with Gasteiger partial charge in [-0.15, -0.1) is 0 Å². The molecule has 0 aliphatic heterocycles. The molecule has 0 bridgehead atoms. The lowest BCUT2D eigenvalue weighted by atomic mass is 9.73. The number of nitrogens with zero attached hydrogens (tertiary/aromatic N) is 1. The molecular formula is C22H39NO. The number of aliphatic hydroxyl groups excluding tert-OH is 1. The highest BCUT2D eigenvalue weighted by molar-refractivity contribution is 5.10. The molecule has 0 spiro atoms. The minimum Gasteiger partial charge on any atom is -0.395 e. The first kappa shape index (κ1) is 19.7. The van der Waals surface area contributed by atoms with Gasteiger partial charge >= 0.3 is 0 Å². The van der Waals surface area contributed by atoms with Crippen molar-refractivity contribution in [2.75, 3.05) is 26.2 Å². The fourth-order valence-electron chi connectivity index (χ4n) is 5.32. The van der Waals surface area contributed by atoms with Crippen molar-refractivity contribution in [3.8, 4) is 0 Å². The Bertz CT molecular complexity index is 427. The molecule has 6 atom stereocenters. The third-order valence-corrected chi connectivity index (χ3v) is 6.55. The largest absolute Gasteiger partial charge is 0.395 e. The van der Waals surface area contributed by atoms with Gasteiger partial charge in [0.1, 0.15) is 0 Å². The molecule has 0 aromatic rings. The fourth-order valence-corrected chi connectivity index (χ4v) is 5.32. The standard InChI is InChI=1S/C22H39NO/c1-15-9-17(3)21(18(4)10-15)13-23(7-8-24)14-22-19(5)11-16(2)12-20(22)6/h9,11,17-22,24H,7-8,10,12-14H2,1-6H3. The zero-order valence-corrected chi connectivity index (χ0v) is 16.8. The Hall–Kier alpha value is -0.600. The molecule has 2 aliphatic rings. The van der Waals surface area contributed by atoms with Crippen LogP contribution in [-0.4, -0.2) is 36.2 Å². The molecule has 0 heterocycles. The second kappa shape index (κ2) is 8.67. The number of rotatable bonds is 6. The van der Waals surface area contributed by atoms with Gasteiger partial charge in [0.05, 0.1) is 6.61 Å². The highest BCUT2D eigenvalue weighted by Crippen LogP contribution is 2.36. The van der Waals surface area contributed by atoms with Crippen LogP contribution in [-0.2, 0) is 0 Å². The van der Waals surface area contributed by atoms with E-state index in [9.17, 15) is 5.11 Å². The summed E-state index contributed by atoms with van der Waals surface area (Å²) in [5.74, 6) is 4.22. The molecule has 0 aromatic heterocycles. The Kier molecular flexibility index (Phi) is 7.12. The molecule has 24 heavy (non-hydrogen) atoms. The van der Waals surface area contributed by atoms with Gasteiger partial charge in [-0.2, -0.15) is 0 Å². The van der Waals surface area contributed by atoms with E-state index in [2.05, 4.69) is 58.6 Å². The maximum Gasteiger partial charge on any atom is 0.0558 e. The lowest BCUT2D eigenvalue weighted by molar-refractivity contribution is 0.0960. The van der Waals surface area contributed by atoms with Crippen molar-refractivity contribution in [3.63, 3.8) is 0 Å². The second-order valence-corrected chi connectivity index (χ2v) is 8.92. The van der Waals surface area contributed by atoms with E-state index in [0.29, 0.717) is 23.7 Å². The molecule has 2 heteroatoms. The number of hydrogen-bond donors (Lipinski definition) is 1. The summed E-state index contributed by atoms with van der Waals surface area (Å²) in [6, 6.07) is 0. The smallest absolute Gasteiger partial charge is 0.0558 e. The highest BCUT2D eigenvalue weighted by atomic mass is 16.3. The van der Waals surface area contributed by atoms with E-state index in [1.165, 1.54) is 12.8 Å². The van der Waals surface area contributed by atoms with Crippen molar-refractivity contribution in [2.24, 2.45) is 35.5 Å². The first-order valence-corrected chi connectivity index (χ1v) is 9.99. The third-order valence-electron chi connectivity index (χ3n) is 6.55. The molecule has 0 saturated heterocycles. The van der Waals surface area contributed by atoms with Crippen LogP contribution in [0, 0.1) is 35.5 Å². The van der Waals surface area contributed by atoms with Gasteiger partial charge < -0.3 is 10.0 Å². The van der Waals surface area contributed by atoms with Crippen molar-refractivity contribution >= 4 is 0 Å². The van der Waals surface area contributed by atoms with Gasteiger partial charge in [0.25, 0.3) is 0 Å².